The first kappa shape index (κ1) is 15.5. The van der Waals surface area contributed by atoms with Crippen LogP contribution in [0.1, 0.15) is 38.1 Å². The maximum atomic E-state index is 12.6. The first-order valence-electron chi connectivity index (χ1n) is 6.91. The Hall–Kier alpha value is -1.51. The zero-order chi connectivity index (χ0) is 14.6. The summed E-state index contributed by atoms with van der Waals surface area (Å²) < 4.78 is 0. The lowest BCUT2D eigenvalue weighted by Crippen LogP contribution is -2.39. The molecule has 19 heavy (non-hydrogen) atoms. The van der Waals surface area contributed by atoms with Crippen LogP contribution in [0.15, 0.2) is 24.3 Å². The summed E-state index contributed by atoms with van der Waals surface area (Å²) in [5.74, 6) is 0.593. The Morgan fingerprint density at radius 2 is 1.79 bits per heavy atom. The molecule has 0 spiro atoms. The molecule has 106 valence electrons. The second-order valence-electron chi connectivity index (χ2n) is 5.89. The zero-order valence-electron chi connectivity index (χ0n) is 13.0. The summed E-state index contributed by atoms with van der Waals surface area (Å²) in [4.78, 5) is 16.6. The number of amides is 1. The van der Waals surface area contributed by atoms with Gasteiger partial charge < -0.3 is 9.80 Å². The van der Waals surface area contributed by atoms with Crippen molar-refractivity contribution in [3.63, 3.8) is 0 Å². The van der Waals surface area contributed by atoms with E-state index in [0.29, 0.717) is 5.92 Å². The standard InChI is InChI=1S/C16H26N2O/c1-12(2)11-18(13(3)4)16(19)14-8-7-9-15(10-14)17(5)6/h7-10,12-13H,11H2,1-6H3. The molecule has 0 bridgehead atoms. The number of anilines is 1. The first-order chi connectivity index (χ1) is 8.82. The second-order valence-corrected chi connectivity index (χ2v) is 5.89. The van der Waals surface area contributed by atoms with Gasteiger partial charge in [-0.05, 0) is 38.0 Å². The highest BCUT2D eigenvalue weighted by Crippen LogP contribution is 2.17. The van der Waals surface area contributed by atoms with Crippen LogP contribution in [-0.4, -0.2) is 37.5 Å². The molecule has 3 nitrogen and oxygen atoms in total. The molecular weight excluding hydrogens is 236 g/mol. The average molecular weight is 262 g/mol. The van der Waals surface area contributed by atoms with Crippen molar-refractivity contribution in [3.05, 3.63) is 29.8 Å². The highest BCUT2D eigenvalue weighted by molar-refractivity contribution is 5.95. The maximum absolute atomic E-state index is 12.6. The van der Waals surface area contributed by atoms with Crippen LogP contribution in [0.25, 0.3) is 0 Å². The molecule has 0 fully saturated rings. The predicted molar refractivity (Wildman–Crippen MR) is 81.8 cm³/mol. The molecular formula is C16H26N2O. The molecule has 1 amide bonds. The van der Waals surface area contributed by atoms with Gasteiger partial charge in [0.1, 0.15) is 0 Å². The molecule has 3 heteroatoms. The van der Waals surface area contributed by atoms with Gasteiger partial charge in [-0.3, -0.25) is 4.79 Å². The Morgan fingerprint density at radius 3 is 2.26 bits per heavy atom. The molecule has 0 saturated heterocycles. The van der Waals surface area contributed by atoms with Crippen molar-refractivity contribution in [1.82, 2.24) is 4.90 Å². The normalized spacial score (nSPS) is 10.9. The lowest BCUT2D eigenvalue weighted by Gasteiger charge is -2.29. The van der Waals surface area contributed by atoms with E-state index in [-0.39, 0.29) is 11.9 Å². The molecule has 0 atom stereocenters. The smallest absolute Gasteiger partial charge is 0.254 e. The topological polar surface area (TPSA) is 23.6 Å². The van der Waals surface area contributed by atoms with Gasteiger partial charge in [-0.1, -0.05) is 19.9 Å². The third-order valence-corrected chi connectivity index (χ3v) is 3.06. The zero-order valence-corrected chi connectivity index (χ0v) is 13.0. The average Bonchev–Trinajstić information content (AvgIpc) is 2.34. The largest absolute Gasteiger partial charge is 0.378 e. The van der Waals surface area contributed by atoms with Crippen LogP contribution in [0.2, 0.25) is 0 Å². The van der Waals surface area contributed by atoms with Gasteiger partial charge >= 0.3 is 0 Å². The van der Waals surface area contributed by atoms with Crippen LogP contribution >= 0.6 is 0 Å². The third kappa shape index (κ3) is 4.27. The highest BCUT2D eigenvalue weighted by Gasteiger charge is 2.19. The number of carbonyl (C=O) groups is 1. The lowest BCUT2D eigenvalue weighted by atomic mass is 10.1. The molecule has 0 aliphatic rings. The maximum Gasteiger partial charge on any atom is 0.254 e. The van der Waals surface area contributed by atoms with Gasteiger partial charge in [0, 0.05) is 37.9 Å². The number of benzene rings is 1. The van der Waals surface area contributed by atoms with E-state index >= 15 is 0 Å². The molecule has 0 aliphatic carbocycles. The van der Waals surface area contributed by atoms with Gasteiger partial charge in [0.25, 0.3) is 5.91 Å². The molecule has 0 radical (unpaired) electrons. The molecule has 1 aromatic rings. The Kier molecular flexibility index (Phi) is 5.40. The van der Waals surface area contributed by atoms with Crippen molar-refractivity contribution in [2.75, 3.05) is 25.5 Å². The van der Waals surface area contributed by atoms with E-state index in [9.17, 15) is 4.79 Å². The first-order valence-corrected chi connectivity index (χ1v) is 6.91. The van der Waals surface area contributed by atoms with Crippen LogP contribution in [0, 0.1) is 5.92 Å². The van der Waals surface area contributed by atoms with Crippen molar-refractivity contribution < 1.29 is 4.79 Å². The van der Waals surface area contributed by atoms with E-state index in [1.165, 1.54) is 0 Å². The van der Waals surface area contributed by atoms with Gasteiger partial charge in [0.15, 0.2) is 0 Å². The summed E-state index contributed by atoms with van der Waals surface area (Å²) in [6.45, 7) is 9.20. The van der Waals surface area contributed by atoms with Crippen molar-refractivity contribution in [2.45, 2.75) is 33.7 Å². The lowest BCUT2D eigenvalue weighted by molar-refractivity contribution is 0.0682. The minimum Gasteiger partial charge on any atom is -0.378 e. The number of rotatable bonds is 5. The van der Waals surface area contributed by atoms with E-state index in [4.69, 9.17) is 0 Å². The fourth-order valence-corrected chi connectivity index (χ4v) is 2.00. The van der Waals surface area contributed by atoms with Gasteiger partial charge in [-0.25, -0.2) is 0 Å². The van der Waals surface area contributed by atoms with Crippen LogP contribution in [0.5, 0.6) is 0 Å². The highest BCUT2D eigenvalue weighted by atomic mass is 16.2. The molecule has 1 rings (SSSR count). The summed E-state index contributed by atoms with van der Waals surface area (Å²) in [6.07, 6.45) is 0. The summed E-state index contributed by atoms with van der Waals surface area (Å²) in [6, 6.07) is 8.02. The van der Waals surface area contributed by atoms with Crippen molar-refractivity contribution in [2.24, 2.45) is 5.92 Å². The van der Waals surface area contributed by atoms with Crippen molar-refractivity contribution in [1.29, 1.82) is 0 Å². The molecule has 0 heterocycles. The fraction of sp³-hybridized carbons (Fsp3) is 0.562. The quantitative estimate of drug-likeness (QED) is 0.813. The SMILES string of the molecule is CC(C)CN(C(=O)c1cccc(N(C)C)c1)C(C)C. The predicted octanol–water partition coefficient (Wildman–Crippen LogP) is 3.26. The van der Waals surface area contributed by atoms with Gasteiger partial charge in [0.2, 0.25) is 0 Å². The van der Waals surface area contributed by atoms with Gasteiger partial charge in [-0.15, -0.1) is 0 Å². The van der Waals surface area contributed by atoms with E-state index < -0.39 is 0 Å². The molecule has 0 aliphatic heterocycles. The number of carbonyl (C=O) groups excluding carboxylic acids is 1. The molecule has 0 saturated carbocycles. The number of nitrogens with zero attached hydrogens (tertiary/aromatic N) is 2. The third-order valence-electron chi connectivity index (χ3n) is 3.06. The molecule has 0 aromatic heterocycles. The molecule has 0 N–H and O–H groups in total. The van der Waals surface area contributed by atoms with Crippen LogP contribution in [0.4, 0.5) is 5.69 Å². The van der Waals surface area contributed by atoms with E-state index in [1.807, 2.05) is 48.2 Å². The number of hydrogen-bond acceptors (Lipinski definition) is 2. The monoisotopic (exact) mass is 262 g/mol. The summed E-state index contributed by atoms with van der Waals surface area (Å²) >= 11 is 0. The number of hydrogen-bond donors (Lipinski definition) is 0. The van der Waals surface area contributed by atoms with Gasteiger partial charge in [0.05, 0.1) is 0 Å². The van der Waals surface area contributed by atoms with Crippen molar-refractivity contribution >= 4 is 11.6 Å². The minimum absolute atomic E-state index is 0.118. The van der Waals surface area contributed by atoms with Crippen molar-refractivity contribution in [3.8, 4) is 0 Å². The van der Waals surface area contributed by atoms with Gasteiger partial charge in [-0.2, -0.15) is 0 Å². The second kappa shape index (κ2) is 6.60. The Bertz CT molecular complexity index is 425. The van der Waals surface area contributed by atoms with E-state index in [0.717, 1.165) is 17.8 Å². The van der Waals surface area contributed by atoms with Crippen LogP contribution < -0.4 is 4.90 Å². The summed E-state index contributed by atoms with van der Waals surface area (Å²) in [5, 5.41) is 0. The minimum atomic E-state index is 0.118. The fourth-order valence-electron chi connectivity index (χ4n) is 2.00. The Labute approximate surface area is 117 Å². The summed E-state index contributed by atoms with van der Waals surface area (Å²) in [7, 11) is 3.97. The van der Waals surface area contributed by atoms with E-state index in [2.05, 4.69) is 27.7 Å². The Morgan fingerprint density at radius 1 is 1.16 bits per heavy atom. The Balaban J connectivity index is 2.99. The van der Waals surface area contributed by atoms with E-state index in [1.54, 1.807) is 0 Å². The van der Waals surface area contributed by atoms with Crippen LogP contribution in [-0.2, 0) is 0 Å². The summed E-state index contributed by atoms with van der Waals surface area (Å²) in [5.41, 5.74) is 1.82. The van der Waals surface area contributed by atoms with Crippen LogP contribution in [0.3, 0.4) is 0 Å². The molecule has 1 aromatic carbocycles. The molecule has 0 unspecified atom stereocenters.